The molecule has 0 amide bonds. The van der Waals surface area contributed by atoms with Gasteiger partial charge in [-0.1, -0.05) is 0 Å². The first-order chi connectivity index (χ1) is 8.40. The topological polar surface area (TPSA) is 75.3 Å². The van der Waals surface area contributed by atoms with Gasteiger partial charge in [-0.05, 0) is 30.7 Å². The predicted octanol–water partition coefficient (Wildman–Crippen LogP) is 1.94. The summed E-state index contributed by atoms with van der Waals surface area (Å²) in [6.45, 7) is 1.57. The largest absolute Gasteiger partial charge is 0.507 e. The van der Waals surface area contributed by atoms with Crippen molar-refractivity contribution >= 4 is 5.97 Å². The number of carbonyl (C=O) groups is 1. The van der Waals surface area contributed by atoms with Gasteiger partial charge >= 0.3 is 5.97 Å². The number of aromatic hydroxyl groups is 1. The highest BCUT2D eigenvalue weighted by atomic mass is 19.1. The molecule has 1 aromatic carbocycles. The van der Waals surface area contributed by atoms with Crippen LogP contribution in [0.2, 0.25) is 0 Å². The first kappa shape index (κ1) is 12.1. The van der Waals surface area contributed by atoms with E-state index in [4.69, 9.17) is 5.11 Å². The van der Waals surface area contributed by atoms with E-state index in [0.717, 1.165) is 6.07 Å². The van der Waals surface area contributed by atoms with Gasteiger partial charge in [-0.2, -0.15) is 5.10 Å². The summed E-state index contributed by atoms with van der Waals surface area (Å²) in [5.41, 5.74) is 0.777. The zero-order valence-electron chi connectivity index (χ0n) is 9.81. The number of halogens is 1. The minimum atomic E-state index is -1.18. The van der Waals surface area contributed by atoms with Crippen molar-refractivity contribution in [3.8, 4) is 17.0 Å². The number of aryl methyl sites for hydroxylation is 2. The van der Waals surface area contributed by atoms with Crippen molar-refractivity contribution in [2.24, 2.45) is 7.05 Å². The molecule has 1 aromatic heterocycles. The summed E-state index contributed by atoms with van der Waals surface area (Å²) in [4.78, 5) is 10.8. The smallest absolute Gasteiger partial charge is 0.356 e. The van der Waals surface area contributed by atoms with E-state index >= 15 is 0 Å². The van der Waals surface area contributed by atoms with Gasteiger partial charge in [-0.25, -0.2) is 9.18 Å². The molecule has 6 heteroatoms. The summed E-state index contributed by atoms with van der Waals surface area (Å²) in [6.07, 6.45) is 0. The minimum absolute atomic E-state index is 0.0867. The molecule has 2 aromatic rings. The Kier molecular flexibility index (Phi) is 2.78. The fourth-order valence-corrected chi connectivity index (χ4v) is 1.75. The number of rotatable bonds is 2. The molecular formula is C12H11FN2O3. The number of aromatic nitrogens is 2. The number of nitrogens with zero attached hydrogens (tertiary/aromatic N) is 2. The minimum Gasteiger partial charge on any atom is -0.507 e. The van der Waals surface area contributed by atoms with Crippen LogP contribution in [-0.2, 0) is 7.05 Å². The highest BCUT2D eigenvalue weighted by Gasteiger charge is 2.17. The molecule has 0 aliphatic heterocycles. The van der Waals surface area contributed by atoms with Crippen molar-refractivity contribution in [3.63, 3.8) is 0 Å². The predicted molar refractivity (Wildman–Crippen MR) is 62.0 cm³/mol. The molecule has 0 aliphatic carbocycles. The molecule has 1 heterocycles. The molecule has 2 N–H and O–H groups in total. The first-order valence-corrected chi connectivity index (χ1v) is 5.17. The van der Waals surface area contributed by atoms with E-state index in [1.807, 2.05) is 0 Å². The van der Waals surface area contributed by atoms with Gasteiger partial charge in [0.2, 0.25) is 0 Å². The molecule has 18 heavy (non-hydrogen) atoms. The Hall–Kier alpha value is -2.37. The van der Waals surface area contributed by atoms with Crippen LogP contribution >= 0.6 is 0 Å². The van der Waals surface area contributed by atoms with Crippen molar-refractivity contribution in [1.29, 1.82) is 0 Å². The zero-order chi connectivity index (χ0) is 13.4. The van der Waals surface area contributed by atoms with E-state index < -0.39 is 11.8 Å². The fourth-order valence-electron chi connectivity index (χ4n) is 1.75. The summed E-state index contributed by atoms with van der Waals surface area (Å²) >= 11 is 0. The molecule has 0 saturated carbocycles. The molecule has 0 spiro atoms. The Morgan fingerprint density at radius 1 is 1.39 bits per heavy atom. The lowest BCUT2D eigenvalue weighted by molar-refractivity contribution is 0.0689. The molecule has 0 unspecified atom stereocenters. The standard InChI is InChI=1S/C12H11FN2O3/c1-6-3-7(13)4-8(11(6)16)10-5-9(12(17)18)14-15(10)2/h3-5,16H,1-2H3,(H,17,18). The van der Waals surface area contributed by atoms with Crippen molar-refractivity contribution in [1.82, 2.24) is 9.78 Å². The normalized spacial score (nSPS) is 10.6. The number of carboxylic acids is 1. The molecule has 5 nitrogen and oxygen atoms in total. The summed E-state index contributed by atoms with van der Waals surface area (Å²) in [7, 11) is 1.53. The Labute approximate surface area is 102 Å². The van der Waals surface area contributed by atoms with Crippen LogP contribution in [0.15, 0.2) is 18.2 Å². The molecule has 0 bridgehead atoms. The van der Waals surface area contributed by atoms with Gasteiger partial charge in [0.25, 0.3) is 0 Å². The average Bonchev–Trinajstić information content (AvgIpc) is 2.66. The molecule has 2 rings (SSSR count). The summed E-state index contributed by atoms with van der Waals surface area (Å²) in [5.74, 6) is -1.76. The highest BCUT2D eigenvalue weighted by Crippen LogP contribution is 2.32. The van der Waals surface area contributed by atoms with E-state index in [9.17, 15) is 14.3 Å². The number of phenols is 1. The highest BCUT2D eigenvalue weighted by molar-refractivity contribution is 5.87. The van der Waals surface area contributed by atoms with Crippen molar-refractivity contribution < 1.29 is 19.4 Å². The van der Waals surface area contributed by atoms with Crippen molar-refractivity contribution in [2.45, 2.75) is 6.92 Å². The molecule has 0 radical (unpaired) electrons. The molecule has 0 fully saturated rings. The first-order valence-electron chi connectivity index (χ1n) is 5.17. The maximum Gasteiger partial charge on any atom is 0.356 e. The van der Waals surface area contributed by atoms with Gasteiger partial charge < -0.3 is 10.2 Å². The third kappa shape index (κ3) is 1.92. The maximum atomic E-state index is 13.3. The second kappa shape index (κ2) is 4.14. The molecule has 0 saturated heterocycles. The SMILES string of the molecule is Cc1cc(F)cc(-c2cc(C(=O)O)nn2C)c1O. The lowest BCUT2D eigenvalue weighted by Crippen LogP contribution is -1.99. The summed E-state index contributed by atoms with van der Waals surface area (Å²) < 4.78 is 14.6. The van der Waals surface area contributed by atoms with Crippen LogP contribution in [-0.4, -0.2) is 26.0 Å². The third-order valence-corrected chi connectivity index (χ3v) is 2.64. The Morgan fingerprint density at radius 3 is 2.61 bits per heavy atom. The lowest BCUT2D eigenvalue weighted by Gasteiger charge is -2.07. The van der Waals surface area contributed by atoms with Crippen LogP contribution in [0.3, 0.4) is 0 Å². The molecular weight excluding hydrogens is 239 g/mol. The Balaban J connectivity index is 2.65. The summed E-state index contributed by atoms with van der Waals surface area (Å²) in [5, 5.41) is 22.5. The van der Waals surface area contributed by atoms with Crippen LogP contribution in [0.4, 0.5) is 4.39 Å². The Bertz CT molecular complexity index is 634. The number of hydrogen-bond donors (Lipinski definition) is 2. The van der Waals surface area contributed by atoms with E-state index in [0.29, 0.717) is 11.3 Å². The average molecular weight is 250 g/mol. The van der Waals surface area contributed by atoms with E-state index in [1.165, 1.54) is 23.9 Å². The van der Waals surface area contributed by atoms with Crippen LogP contribution in [0.5, 0.6) is 5.75 Å². The van der Waals surface area contributed by atoms with Crippen molar-refractivity contribution in [2.75, 3.05) is 0 Å². The Morgan fingerprint density at radius 2 is 2.06 bits per heavy atom. The molecule has 94 valence electrons. The van der Waals surface area contributed by atoms with Gasteiger partial charge in [0, 0.05) is 12.6 Å². The summed E-state index contributed by atoms with van der Waals surface area (Å²) in [6, 6.07) is 3.63. The zero-order valence-corrected chi connectivity index (χ0v) is 9.81. The number of phenolic OH excluding ortho intramolecular Hbond substituents is 1. The van der Waals surface area contributed by atoms with E-state index in [-0.39, 0.29) is 17.0 Å². The van der Waals surface area contributed by atoms with Crippen LogP contribution in [0, 0.1) is 12.7 Å². The number of benzene rings is 1. The number of carboxylic acid groups (broad SMARTS) is 1. The van der Waals surface area contributed by atoms with Crippen molar-refractivity contribution in [3.05, 3.63) is 35.3 Å². The van der Waals surface area contributed by atoms with Gasteiger partial charge in [0.1, 0.15) is 11.6 Å². The van der Waals surface area contributed by atoms with Gasteiger partial charge in [-0.3, -0.25) is 4.68 Å². The van der Waals surface area contributed by atoms with E-state index in [2.05, 4.69) is 5.10 Å². The van der Waals surface area contributed by atoms with Gasteiger partial charge in [0.15, 0.2) is 5.69 Å². The second-order valence-corrected chi connectivity index (χ2v) is 3.96. The quantitative estimate of drug-likeness (QED) is 0.854. The third-order valence-electron chi connectivity index (χ3n) is 2.64. The monoisotopic (exact) mass is 250 g/mol. The van der Waals surface area contributed by atoms with E-state index in [1.54, 1.807) is 6.92 Å². The number of hydrogen-bond acceptors (Lipinski definition) is 3. The maximum absolute atomic E-state index is 13.3. The fraction of sp³-hybridized carbons (Fsp3) is 0.167. The molecule has 0 aliphatic rings. The van der Waals surface area contributed by atoms with Crippen LogP contribution in [0.1, 0.15) is 16.1 Å². The van der Waals surface area contributed by atoms with Gasteiger partial charge in [-0.15, -0.1) is 0 Å². The van der Waals surface area contributed by atoms with Crippen LogP contribution < -0.4 is 0 Å². The second-order valence-electron chi connectivity index (χ2n) is 3.96. The van der Waals surface area contributed by atoms with Gasteiger partial charge in [0.05, 0.1) is 5.69 Å². The lowest BCUT2D eigenvalue weighted by atomic mass is 10.1. The number of aromatic carboxylic acids is 1. The van der Waals surface area contributed by atoms with Crippen LogP contribution in [0.25, 0.3) is 11.3 Å². The molecule has 0 atom stereocenters.